The Bertz CT molecular complexity index is 903. The molecule has 1 N–H and O–H groups in total. The van der Waals surface area contributed by atoms with Crippen LogP contribution < -0.4 is 10.2 Å². The number of esters is 1. The largest absolute Gasteiger partial charge is 0.449 e. The Balaban J connectivity index is 1.80. The van der Waals surface area contributed by atoms with Crippen molar-refractivity contribution in [2.45, 2.75) is 39.7 Å². The zero-order chi connectivity index (χ0) is 19.7. The lowest BCUT2D eigenvalue weighted by Gasteiger charge is -2.30. The van der Waals surface area contributed by atoms with E-state index in [1.165, 1.54) is 11.8 Å². The summed E-state index contributed by atoms with van der Waals surface area (Å²) in [7, 11) is 0. The molecule has 2 heterocycles. The zero-order valence-electron chi connectivity index (χ0n) is 15.6. The van der Waals surface area contributed by atoms with Gasteiger partial charge in [-0.15, -0.1) is 0 Å². The monoisotopic (exact) mass is 371 g/mol. The molecule has 2 aromatic rings. The van der Waals surface area contributed by atoms with E-state index in [1.54, 1.807) is 31.2 Å². The highest BCUT2D eigenvalue weighted by atomic mass is 16.5. The molecular formula is C19H21N3O5. The van der Waals surface area contributed by atoms with Crippen molar-refractivity contribution in [3.05, 3.63) is 41.3 Å². The average molecular weight is 371 g/mol. The Hall–Kier alpha value is -3.16. The Morgan fingerprint density at radius 1 is 1.26 bits per heavy atom. The maximum Gasteiger partial charge on any atom is 0.344 e. The Labute approximate surface area is 156 Å². The molecule has 1 atom stereocenters. The minimum atomic E-state index is -1.08. The summed E-state index contributed by atoms with van der Waals surface area (Å²) in [5, 5.41) is 6.53. The van der Waals surface area contributed by atoms with Crippen LogP contribution >= 0.6 is 0 Å². The van der Waals surface area contributed by atoms with Gasteiger partial charge >= 0.3 is 5.97 Å². The van der Waals surface area contributed by atoms with Gasteiger partial charge in [-0.25, -0.2) is 4.79 Å². The lowest BCUT2D eigenvalue weighted by molar-refractivity contribution is -0.128. The molecule has 0 fully saturated rings. The van der Waals surface area contributed by atoms with Crippen LogP contribution in [0.3, 0.4) is 0 Å². The van der Waals surface area contributed by atoms with Crippen molar-refractivity contribution in [1.82, 2.24) is 5.16 Å². The molecule has 8 nitrogen and oxygen atoms in total. The third kappa shape index (κ3) is 3.55. The highest BCUT2D eigenvalue weighted by Crippen LogP contribution is 2.30. The molecule has 0 spiro atoms. The molecule has 8 heteroatoms. The first kappa shape index (κ1) is 18.6. The number of ether oxygens (including phenoxy) is 1. The van der Waals surface area contributed by atoms with Gasteiger partial charge in [-0.05, 0) is 26.0 Å². The molecule has 1 aliphatic heterocycles. The van der Waals surface area contributed by atoms with Crippen LogP contribution in [0.25, 0.3) is 0 Å². The number of hydrogen-bond donors (Lipinski definition) is 1. The first-order valence-corrected chi connectivity index (χ1v) is 8.67. The highest BCUT2D eigenvalue weighted by molar-refractivity contribution is 6.11. The van der Waals surface area contributed by atoms with Gasteiger partial charge in [-0.3, -0.25) is 14.5 Å². The van der Waals surface area contributed by atoms with Gasteiger partial charge in [0.05, 0.1) is 17.1 Å². The number of amides is 2. The van der Waals surface area contributed by atoms with Gasteiger partial charge in [0.1, 0.15) is 12.1 Å². The number of carbonyl (C=O) groups is 3. The zero-order valence-corrected chi connectivity index (χ0v) is 15.6. The quantitative estimate of drug-likeness (QED) is 0.829. The smallest absolute Gasteiger partial charge is 0.344 e. The minimum absolute atomic E-state index is 0.0579. The fourth-order valence-corrected chi connectivity index (χ4v) is 2.95. The molecule has 0 bridgehead atoms. The van der Waals surface area contributed by atoms with Gasteiger partial charge in [-0.2, -0.15) is 0 Å². The van der Waals surface area contributed by atoms with E-state index in [1.807, 2.05) is 13.8 Å². The predicted octanol–water partition coefficient (Wildman–Crippen LogP) is 2.64. The van der Waals surface area contributed by atoms with Crippen molar-refractivity contribution in [3.63, 3.8) is 0 Å². The van der Waals surface area contributed by atoms with E-state index in [0.29, 0.717) is 22.8 Å². The van der Waals surface area contributed by atoms with Crippen molar-refractivity contribution in [1.29, 1.82) is 0 Å². The minimum Gasteiger partial charge on any atom is -0.449 e. The highest BCUT2D eigenvalue weighted by Gasteiger charge is 2.33. The molecule has 0 unspecified atom stereocenters. The topological polar surface area (TPSA) is 102 Å². The maximum atomic E-state index is 12.8. The maximum absolute atomic E-state index is 12.8. The SMILES string of the molecule is Cc1noc(C(C)C)c1C(=O)O[C@H](C)C(=O)N1CC(=O)Nc2ccccc21. The molecular weight excluding hydrogens is 350 g/mol. The molecule has 142 valence electrons. The third-order valence-corrected chi connectivity index (χ3v) is 4.29. The second kappa shape index (κ2) is 7.22. The Kier molecular flexibility index (Phi) is 4.98. The van der Waals surface area contributed by atoms with Crippen LogP contribution in [0.2, 0.25) is 0 Å². The number of nitrogens with zero attached hydrogens (tertiary/aromatic N) is 2. The second-order valence-electron chi connectivity index (χ2n) is 6.70. The standard InChI is InChI=1S/C19H21N3O5/c1-10(2)17-16(11(3)21-27-17)19(25)26-12(4)18(24)22-9-15(23)20-13-7-5-6-8-14(13)22/h5-8,10,12H,9H2,1-4H3,(H,20,23)/t12-/m1/s1. The molecule has 1 aromatic carbocycles. The van der Waals surface area contributed by atoms with Crippen LogP contribution in [0, 0.1) is 6.92 Å². The normalized spacial score (nSPS) is 14.6. The van der Waals surface area contributed by atoms with Gasteiger partial charge in [0.2, 0.25) is 5.91 Å². The molecule has 0 aliphatic carbocycles. The van der Waals surface area contributed by atoms with Crippen molar-refractivity contribution in [2.24, 2.45) is 0 Å². The van der Waals surface area contributed by atoms with Crippen molar-refractivity contribution >= 4 is 29.2 Å². The fraction of sp³-hybridized carbons (Fsp3) is 0.368. The molecule has 1 aromatic heterocycles. The van der Waals surface area contributed by atoms with Gasteiger partial charge in [0, 0.05) is 5.92 Å². The number of anilines is 2. The number of aryl methyl sites for hydroxylation is 1. The average Bonchev–Trinajstić information content (AvgIpc) is 3.02. The van der Waals surface area contributed by atoms with E-state index < -0.39 is 18.0 Å². The van der Waals surface area contributed by atoms with E-state index in [-0.39, 0.29) is 23.9 Å². The van der Waals surface area contributed by atoms with Gasteiger partial charge < -0.3 is 14.6 Å². The summed E-state index contributed by atoms with van der Waals surface area (Å²) in [6, 6.07) is 6.96. The molecule has 3 rings (SSSR count). The van der Waals surface area contributed by atoms with Crippen LogP contribution in [0.4, 0.5) is 11.4 Å². The lowest BCUT2D eigenvalue weighted by Crippen LogP contribution is -2.47. The first-order valence-electron chi connectivity index (χ1n) is 8.67. The second-order valence-corrected chi connectivity index (χ2v) is 6.70. The van der Waals surface area contributed by atoms with Crippen LogP contribution in [-0.4, -0.2) is 35.6 Å². The van der Waals surface area contributed by atoms with Gasteiger partial charge in [0.25, 0.3) is 5.91 Å². The molecule has 2 amide bonds. The van der Waals surface area contributed by atoms with Crippen LogP contribution in [0.5, 0.6) is 0 Å². The summed E-state index contributed by atoms with van der Waals surface area (Å²) in [6.45, 7) is 6.72. The number of para-hydroxylation sites is 2. The number of nitrogens with one attached hydrogen (secondary N) is 1. The third-order valence-electron chi connectivity index (χ3n) is 4.29. The van der Waals surface area contributed by atoms with E-state index >= 15 is 0 Å². The van der Waals surface area contributed by atoms with Gasteiger partial charge in [0.15, 0.2) is 11.9 Å². The van der Waals surface area contributed by atoms with Crippen molar-refractivity contribution in [2.75, 3.05) is 16.8 Å². The molecule has 1 aliphatic rings. The van der Waals surface area contributed by atoms with Crippen LogP contribution in [0.15, 0.2) is 28.8 Å². The van der Waals surface area contributed by atoms with E-state index in [2.05, 4.69) is 10.5 Å². The van der Waals surface area contributed by atoms with Crippen molar-refractivity contribution < 1.29 is 23.6 Å². The van der Waals surface area contributed by atoms with Crippen LogP contribution in [-0.2, 0) is 14.3 Å². The van der Waals surface area contributed by atoms with E-state index in [9.17, 15) is 14.4 Å². The number of rotatable bonds is 4. The Morgan fingerprint density at radius 3 is 2.67 bits per heavy atom. The fourth-order valence-electron chi connectivity index (χ4n) is 2.95. The predicted molar refractivity (Wildman–Crippen MR) is 97.6 cm³/mol. The van der Waals surface area contributed by atoms with Gasteiger partial charge in [-0.1, -0.05) is 31.1 Å². The number of hydrogen-bond acceptors (Lipinski definition) is 6. The number of carbonyl (C=O) groups excluding carboxylic acids is 3. The summed E-state index contributed by atoms with van der Waals surface area (Å²) in [5.74, 6) is -1.10. The summed E-state index contributed by atoms with van der Waals surface area (Å²) in [4.78, 5) is 38.7. The molecule has 0 saturated carbocycles. The number of aromatic nitrogens is 1. The lowest BCUT2D eigenvalue weighted by atomic mass is 10.1. The summed E-state index contributed by atoms with van der Waals surface area (Å²) >= 11 is 0. The summed E-state index contributed by atoms with van der Waals surface area (Å²) < 4.78 is 10.6. The van der Waals surface area contributed by atoms with E-state index in [4.69, 9.17) is 9.26 Å². The number of benzene rings is 1. The van der Waals surface area contributed by atoms with Crippen molar-refractivity contribution in [3.8, 4) is 0 Å². The first-order chi connectivity index (χ1) is 12.8. The molecule has 27 heavy (non-hydrogen) atoms. The number of fused-ring (bicyclic) bond motifs is 1. The molecule has 0 radical (unpaired) electrons. The Morgan fingerprint density at radius 2 is 1.96 bits per heavy atom. The molecule has 0 saturated heterocycles. The van der Waals surface area contributed by atoms with Crippen LogP contribution in [0.1, 0.15) is 48.5 Å². The summed E-state index contributed by atoms with van der Waals surface area (Å²) in [6.07, 6.45) is -1.08. The van der Waals surface area contributed by atoms with E-state index in [0.717, 1.165) is 0 Å². The summed E-state index contributed by atoms with van der Waals surface area (Å²) in [5.41, 5.74) is 1.75.